The summed E-state index contributed by atoms with van der Waals surface area (Å²) in [7, 11) is 0. The highest BCUT2D eigenvalue weighted by atomic mass is 16.6. The van der Waals surface area contributed by atoms with E-state index in [-0.39, 0.29) is 31.1 Å². The van der Waals surface area contributed by atoms with E-state index in [1.807, 2.05) is 0 Å². The molecule has 6 nitrogen and oxygen atoms in total. The zero-order valence-electron chi connectivity index (χ0n) is 55.5. The molecule has 0 fully saturated rings. The van der Waals surface area contributed by atoms with Gasteiger partial charge >= 0.3 is 17.9 Å². The first kappa shape index (κ1) is 79.8. The SMILES string of the molecule is CC/C=C\C/C=C\C/C=C\C/C=C\CCCCCCCCCCC(=O)OC(COC(=O)CCCCCCCCCCC)COC(=O)CCCCCCCCCCCCCCCCCCCCCCCCC/C=C\C/C=C\CCCCCCC. The molecule has 0 aliphatic rings. The molecule has 0 saturated carbocycles. The number of allylic oxidation sites excluding steroid dienone is 12. The van der Waals surface area contributed by atoms with Crippen molar-refractivity contribution in [1.29, 1.82) is 0 Å². The van der Waals surface area contributed by atoms with E-state index in [4.69, 9.17) is 14.2 Å². The van der Waals surface area contributed by atoms with E-state index >= 15 is 0 Å². The highest BCUT2D eigenvalue weighted by molar-refractivity contribution is 5.71. The van der Waals surface area contributed by atoms with Gasteiger partial charge in [-0.15, -0.1) is 0 Å². The van der Waals surface area contributed by atoms with Crippen LogP contribution < -0.4 is 0 Å². The minimum Gasteiger partial charge on any atom is -0.462 e. The van der Waals surface area contributed by atoms with Crippen molar-refractivity contribution in [2.24, 2.45) is 0 Å². The van der Waals surface area contributed by atoms with Crippen LogP contribution in [0.2, 0.25) is 0 Å². The molecule has 0 aromatic heterocycles. The number of carbonyl (C=O) groups is 3. The summed E-state index contributed by atoms with van der Waals surface area (Å²) < 4.78 is 16.9. The summed E-state index contributed by atoms with van der Waals surface area (Å²) in [6.07, 6.45) is 93.9. The number of ether oxygens (including phenoxy) is 3. The first-order valence-electron chi connectivity index (χ1n) is 36.4. The number of esters is 3. The Kier molecular flexibility index (Phi) is 68.6. The summed E-state index contributed by atoms with van der Waals surface area (Å²) in [4.78, 5) is 38.3. The lowest BCUT2D eigenvalue weighted by Crippen LogP contribution is -2.30. The molecule has 0 heterocycles. The monoisotopic (exact) mass is 1160 g/mol. The van der Waals surface area contributed by atoms with Crippen LogP contribution in [-0.4, -0.2) is 37.2 Å². The topological polar surface area (TPSA) is 78.9 Å². The molecule has 482 valence electrons. The Morgan fingerprint density at radius 2 is 0.470 bits per heavy atom. The average Bonchev–Trinajstić information content (AvgIpc) is 3.49. The van der Waals surface area contributed by atoms with Gasteiger partial charge in [0.25, 0.3) is 0 Å². The molecule has 0 aromatic carbocycles. The molecule has 0 aliphatic heterocycles. The van der Waals surface area contributed by atoms with E-state index in [2.05, 4.69) is 93.7 Å². The number of hydrogen-bond acceptors (Lipinski definition) is 6. The second-order valence-electron chi connectivity index (χ2n) is 24.5. The van der Waals surface area contributed by atoms with Crippen LogP contribution in [0, 0.1) is 0 Å². The maximum absolute atomic E-state index is 12.9. The summed E-state index contributed by atoms with van der Waals surface area (Å²) in [5, 5.41) is 0. The summed E-state index contributed by atoms with van der Waals surface area (Å²) in [5.74, 6) is -0.864. The van der Waals surface area contributed by atoms with Crippen LogP contribution in [-0.2, 0) is 28.6 Å². The lowest BCUT2D eigenvalue weighted by Gasteiger charge is -2.18. The predicted octanol–water partition coefficient (Wildman–Crippen LogP) is 25.2. The number of unbranched alkanes of at least 4 members (excludes halogenated alkanes) is 44. The third-order valence-corrected chi connectivity index (χ3v) is 16.2. The van der Waals surface area contributed by atoms with E-state index in [0.717, 1.165) is 96.3 Å². The Bertz CT molecular complexity index is 1520. The Morgan fingerprint density at radius 3 is 0.735 bits per heavy atom. The highest BCUT2D eigenvalue weighted by Gasteiger charge is 2.19. The lowest BCUT2D eigenvalue weighted by atomic mass is 10.0. The molecule has 0 saturated heterocycles. The maximum atomic E-state index is 12.9. The smallest absolute Gasteiger partial charge is 0.306 e. The van der Waals surface area contributed by atoms with Crippen LogP contribution in [0.3, 0.4) is 0 Å². The fraction of sp³-hybridized carbons (Fsp3) is 0.805. The summed E-state index contributed by atoms with van der Waals surface area (Å²) >= 11 is 0. The van der Waals surface area contributed by atoms with Gasteiger partial charge in [-0.3, -0.25) is 14.4 Å². The molecule has 0 bridgehead atoms. The first-order valence-corrected chi connectivity index (χ1v) is 36.4. The molecule has 1 unspecified atom stereocenters. The molecule has 0 N–H and O–H groups in total. The fourth-order valence-corrected chi connectivity index (χ4v) is 10.8. The van der Waals surface area contributed by atoms with Gasteiger partial charge in [0, 0.05) is 19.3 Å². The zero-order valence-corrected chi connectivity index (χ0v) is 55.5. The van der Waals surface area contributed by atoms with Crippen molar-refractivity contribution in [3.63, 3.8) is 0 Å². The van der Waals surface area contributed by atoms with Crippen LogP contribution in [0.1, 0.15) is 380 Å². The van der Waals surface area contributed by atoms with E-state index in [0.29, 0.717) is 19.3 Å². The van der Waals surface area contributed by atoms with Crippen LogP contribution in [0.4, 0.5) is 0 Å². The van der Waals surface area contributed by atoms with E-state index < -0.39 is 6.10 Å². The molecule has 1 atom stereocenters. The predicted molar refractivity (Wildman–Crippen MR) is 362 cm³/mol. The van der Waals surface area contributed by atoms with Gasteiger partial charge in [0.05, 0.1) is 0 Å². The fourth-order valence-electron chi connectivity index (χ4n) is 10.8. The van der Waals surface area contributed by atoms with Crippen LogP contribution in [0.25, 0.3) is 0 Å². The third kappa shape index (κ3) is 69.5. The van der Waals surface area contributed by atoms with Gasteiger partial charge in [-0.1, -0.05) is 344 Å². The Morgan fingerprint density at radius 1 is 0.253 bits per heavy atom. The van der Waals surface area contributed by atoms with Crippen molar-refractivity contribution in [2.75, 3.05) is 13.2 Å². The second kappa shape index (κ2) is 71.3. The second-order valence-corrected chi connectivity index (χ2v) is 24.5. The van der Waals surface area contributed by atoms with Crippen molar-refractivity contribution in [3.8, 4) is 0 Å². The minimum atomic E-state index is -0.777. The van der Waals surface area contributed by atoms with Gasteiger partial charge in [0.2, 0.25) is 0 Å². The van der Waals surface area contributed by atoms with Crippen LogP contribution >= 0.6 is 0 Å². The minimum absolute atomic E-state index is 0.0737. The van der Waals surface area contributed by atoms with Crippen LogP contribution in [0.15, 0.2) is 72.9 Å². The highest BCUT2D eigenvalue weighted by Crippen LogP contribution is 2.18. The molecule has 0 aliphatic carbocycles. The van der Waals surface area contributed by atoms with Gasteiger partial charge in [0.1, 0.15) is 13.2 Å². The molecule has 0 aromatic rings. The Hall–Kier alpha value is -3.15. The van der Waals surface area contributed by atoms with E-state index in [9.17, 15) is 14.4 Å². The van der Waals surface area contributed by atoms with Gasteiger partial charge < -0.3 is 14.2 Å². The number of hydrogen-bond donors (Lipinski definition) is 0. The van der Waals surface area contributed by atoms with Crippen LogP contribution in [0.5, 0.6) is 0 Å². The van der Waals surface area contributed by atoms with Crippen molar-refractivity contribution < 1.29 is 28.6 Å². The average molecular weight is 1160 g/mol. The molecule has 0 amide bonds. The number of carbonyl (C=O) groups excluding carboxylic acids is 3. The number of rotatable bonds is 67. The zero-order chi connectivity index (χ0) is 59.9. The van der Waals surface area contributed by atoms with Gasteiger partial charge in [-0.05, 0) is 89.9 Å². The summed E-state index contributed by atoms with van der Waals surface area (Å²) in [6.45, 7) is 6.54. The van der Waals surface area contributed by atoms with Crippen molar-refractivity contribution >= 4 is 17.9 Å². The molecule has 0 rings (SSSR count). The van der Waals surface area contributed by atoms with E-state index in [1.54, 1.807) is 0 Å². The molecule has 0 radical (unpaired) electrons. The normalized spacial score (nSPS) is 12.5. The summed E-state index contributed by atoms with van der Waals surface area (Å²) in [6, 6.07) is 0. The lowest BCUT2D eigenvalue weighted by molar-refractivity contribution is -0.167. The van der Waals surface area contributed by atoms with Gasteiger partial charge in [-0.25, -0.2) is 0 Å². The van der Waals surface area contributed by atoms with Gasteiger partial charge in [-0.2, -0.15) is 0 Å². The molecular formula is C77H138O6. The molecule has 83 heavy (non-hydrogen) atoms. The Balaban J connectivity index is 4.04. The Labute approximate surface area is 516 Å². The standard InChI is InChI=1S/C77H138O6/c1-4-7-10-13-16-19-21-23-25-27-29-31-32-33-34-35-36-37-38-39-40-41-42-43-44-46-47-49-51-53-55-58-61-64-67-70-76(79)82-73-74(72-81-75(78)69-66-63-60-57-18-15-12-9-6-3)83-77(80)71-68-65-62-59-56-54-52-50-48-45-30-28-26-24-22-20-17-14-11-8-5-2/h8,11,17,20-21,23-24,26-27,29-30,45,74H,4-7,9-10,12-16,18-19,22,25,28,31-44,46-73H2,1-3H3/b11-8-,20-17-,23-21-,26-24-,29-27-,45-30-. The van der Waals surface area contributed by atoms with Gasteiger partial charge in [0.15, 0.2) is 6.10 Å². The first-order chi connectivity index (χ1) is 41.0. The largest absolute Gasteiger partial charge is 0.462 e. The van der Waals surface area contributed by atoms with Crippen molar-refractivity contribution in [2.45, 2.75) is 386 Å². The molecule has 0 spiro atoms. The molecular weight excluding hydrogens is 1020 g/mol. The van der Waals surface area contributed by atoms with Crippen molar-refractivity contribution in [3.05, 3.63) is 72.9 Å². The van der Waals surface area contributed by atoms with E-state index in [1.165, 1.54) is 244 Å². The maximum Gasteiger partial charge on any atom is 0.306 e. The third-order valence-electron chi connectivity index (χ3n) is 16.2. The van der Waals surface area contributed by atoms with Crippen molar-refractivity contribution in [1.82, 2.24) is 0 Å². The summed E-state index contributed by atoms with van der Waals surface area (Å²) in [5.41, 5.74) is 0. The quantitative estimate of drug-likeness (QED) is 0.0261. The molecule has 6 heteroatoms.